The van der Waals surface area contributed by atoms with Crippen LogP contribution in [0.1, 0.15) is 19.8 Å². The molecule has 4 nitrogen and oxygen atoms in total. The zero-order valence-electron chi connectivity index (χ0n) is 9.08. The van der Waals surface area contributed by atoms with Crippen molar-refractivity contribution in [2.24, 2.45) is 0 Å². The van der Waals surface area contributed by atoms with E-state index in [9.17, 15) is 5.11 Å². The van der Waals surface area contributed by atoms with Crippen LogP contribution in [0.25, 0.3) is 0 Å². The van der Waals surface area contributed by atoms with Gasteiger partial charge in [-0.2, -0.15) is 0 Å². The zero-order valence-corrected chi connectivity index (χ0v) is 9.08. The van der Waals surface area contributed by atoms with Gasteiger partial charge >= 0.3 is 0 Å². The maximum absolute atomic E-state index is 9.92. The summed E-state index contributed by atoms with van der Waals surface area (Å²) in [4.78, 5) is 0. The maximum Gasteiger partial charge on any atom is 0.0765 e. The number of aliphatic hydroxyl groups is 1. The molecule has 1 aliphatic heterocycles. The lowest BCUT2D eigenvalue weighted by Gasteiger charge is -2.25. The summed E-state index contributed by atoms with van der Waals surface area (Å²) in [6, 6.07) is 0.406. The lowest BCUT2D eigenvalue weighted by molar-refractivity contribution is 0.0224. The highest BCUT2D eigenvalue weighted by Gasteiger charge is 2.23. The van der Waals surface area contributed by atoms with Crippen molar-refractivity contribution in [3.8, 4) is 0 Å². The molecule has 0 radical (unpaired) electrons. The van der Waals surface area contributed by atoms with E-state index in [1.54, 1.807) is 7.11 Å². The Morgan fingerprint density at radius 3 is 3.00 bits per heavy atom. The Morgan fingerprint density at radius 2 is 2.43 bits per heavy atom. The SMILES string of the molecule is COCCC(C)(O)CNC1CCOC1. The van der Waals surface area contributed by atoms with Crippen LogP contribution in [0.15, 0.2) is 0 Å². The molecule has 0 aromatic heterocycles. The molecule has 1 rings (SSSR count). The van der Waals surface area contributed by atoms with Gasteiger partial charge in [0.25, 0.3) is 0 Å². The Kier molecular flexibility index (Phi) is 4.81. The highest BCUT2D eigenvalue weighted by molar-refractivity contribution is 4.79. The van der Waals surface area contributed by atoms with Crippen LogP contribution in [0.5, 0.6) is 0 Å². The molecule has 0 bridgehead atoms. The van der Waals surface area contributed by atoms with E-state index in [2.05, 4.69) is 5.32 Å². The van der Waals surface area contributed by atoms with Gasteiger partial charge < -0.3 is 19.9 Å². The van der Waals surface area contributed by atoms with Gasteiger partial charge in [-0.05, 0) is 13.3 Å². The molecular weight excluding hydrogens is 182 g/mol. The van der Waals surface area contributed by atoms with Crippen LogP contribution in [0.2, 0.25) is 0 Å². The second-order valence-corrected chi connectivity index (χ2v) is 4.18. The molecular formula is C10H21NO3. The summed E-state index contributed by atoms with van der Waals surface area (Å²) in [6.45, 7) is 4.62. The minimum Gasteiger partial charge on any atom is -0.389 e. The van der Waals surface area contributed by atoms with Crippen LogP contribution in [0, 0.1) is 0 Å². The van der Waals surface area contributed by atoms with Crippen LogP contribution in [0.4, 0.5) is 0 Å². The number of hydrogen-bond acceptors (Lipinski definition) is 4. The Labute approximate surface area is 85.6 Å². The lowest BCUT2D eigenvalue weighted by atomic mass is 10.0. The largest absolute Gasteiger partial charge is 0.389 e. The molecule has 1 saturated heterocycles. The first-order valence-corrected chi connectivity index (χ1v) is 5.16. The topological polar surface area (TPSA) is 50.7 Å². The quantitative estimate of drug-likeness (QED) is 0.645. The molecule has 0 aromatic carbocycles. The van der Waals surface area contributed by atoms with Crippen molar-refractivity contribution in [2.75, 3.05) is 33.5 Å². The first kappa shape index (κ1) is 11.9. The number of nitrogens with one attached hydrogen (secondary N) is 1. The molecule has 0 amide bonds. The maximum atomic E-state index is 9.92. The molecule has 0 saturated carbocycles. The molecule has 2 N–H and O–H groups in total. The molecule has 1 heterocycles. The Balaban J connectivity index is 2.14. The average Bonchev–Trinajstić information content (AvgIpc) is 2.64. The zero-order chi connectivity index (χ0) is 10.4. The molecule has 84 valence electrons. The minimum atomic E-state index is -0.682. The highest BCUT2D eigenvalue weighted by Crippen LogP contribution is 2.10. The molecule has 14 heavy (non-hydrogen) atoms. The van der Waals surface area contributed by atoms with Crippen molar-refractivity contribution in [1.29, 1.82) is 0 Å². The molecule has 2 unspecified atom stereocenters. The van der Waals surface area contributed by atoms with E-state index in [0.29, 0.717) is 25.6 Å². The summed E-state index contributed by atoms with van der Waals surface area (Å²) in [6.07, 6.45) is 1.70. The molecule has 1 aliphatic rings. The van der Waals surface area contributed by atoms with E-state index in [1.165, 1.54) is 0 Å². The number of hydrogen-bond donors (Lipinski definition) is 2. The van der Waals surface area contributed by atoms with Gasteiger partial charge in [-0.15, -0.1) is 0 Å². The van der Waals surface area contributed by atoms with Gasteiger partial charge in [0.1, 0.15) is 0 Å². The summed E-state index contributed by atoms with van der Waals surface area (Å²) in [5, 5.41) is 13.2. The number of rotatable bonds is 6. The van der Waals surface area contributed by atoms with Crippen molar-refractivity contribution >= 4 is 0 Å². The van der Waals surface area contributed by atoms with Gasteiger partial charge in [0.15, 0.2) is 0 Å². The monoisotopic (exact) mass is 203 g/mol. The number of ether oxygens (including phenoxy) is 2. The predicted molar refractivity (Wildman–Crippen MR) is 54.3 cm³/mol. The third kappa shape index (κ3) is 4.37. The van der Waals surface area contributed by atoms with E-state index >= 15 is 0 Å². The van der Waals surface area contributed by atoms with Crippen molar-refractivity contribution < 1.29 is 14.6 Å². The van der Waals surface area contributed by atoms with Gasteiger partial charge in [-0.3, -0.25) is 0 Å². The van der Waals surface area contributed by atoms with Crippen LogP contribution < -0.4 is 5.32 Å². The van der Waals surface area contributed by atoms with E-state index in [4.69, 9.17) is 9.47 Å². The Hall–Kier alpha value is -0.160. The van der Waals surface area contributed by atoms with E-state index in [1.807, 2.05) is 6.92 Å². The predicted octanol–water partition coefficient (Wildman–Crippen LogP) is 0.152. The normalized spacial score (nSPS) is 26.4. The number of methoxy groups -OCH3 is 1. The second-order valence-electron chi connectivity index (χ2n) is 4.18. The Bertz CT molecular complexity index is 155. The van der Waals surface area contributed by atoms with Crippen LogP contribution >= 0.6 is 0 Å². The molecule has 1 fully saturated rings. The summed E-state index contributed by atoms with van der Waals surface area (Å²) >= 11 is 0. The van der Waals surface area contributed by atoms with Gasteiger partial charge in [-0.1, -0.05) is 0 Å². The van der Waals surface area contributed by atoms with E-state index in [0.717, 1.165) is 19.6 Å². The van der Waals surface area contributed by atoms with Crippen molar-refractivity contribution in [3.63, 3.8) is 0 Å². The summed E-state index contributed by atoms with van der Waals surface area (Å²) in [5.74, 6) is 0. The highest BCUT2D eigenvalue weighted by atomic mass is 16.5. The van der Waals surface area contributed by atoms with Crippen LogP contribution in [-0.4, -0.2) is 50.2 Å². The fourth-order valence-corrected chi connectivity index (χ4v) is 1.47. The van der Waals surface area contributed by atoms with E-state index in [-0.39, 0.29) is 0 Å². The molecule has 0 aromatic rings. The molecule has 0 spiro atoms. The third-order valence-corrected chi connectivity index (χ3v) is 2.55. The van der Waals surface area contributed by atoms with Crippen LogP contribution in [-0.2, 0) is 9.47 Å². The smallest absolute Gasteiger partial charge is 0.0765 e. The summed E-state index contributed by atoms with van der Waals surface area (Å²) < 4.78 is 10.2. The molecule has 0 aliphatic carbocycles. The van der Waals surface area contributed by atoms with Gasteiger partial charge in [0, 0.05) is 39.3 Å². The van der Waals surface area contributed by atoms with Crippen LogP contribution in [0.3, 0.4) is 0 Å². The van der Waals surface area contributed by atoms with Gasteiger partial charge in [0.2, 0.25) is 0 Å². The van der Waals surface area contributed by atoms with Crippen molar-refractivity contribution in [1.82, 2.24) is 5.32 Å². The minimum absolute atomic E-state index is 0.406. The molecule has 4 heteroatoms. The average molecular weight is 203 g/mol. The molecule has 2 atom stereocenters. The van der Waals surface area contributed by atoms with Gasteiger partial charge in [-0.25, -0.2) is 0 Å². The summed E-state index contributed by atoms with van der Waals surface area (Å²) in [5.41, 5.74) is -0.682. The lowest BCUT2D eigenvalue weighted by Crippen LogP contribution is -2.43. The fraction of sp³-hybridized carbons (Fsp3) is 1.00. The summed E-state index contributed by atoms with van der Waals surface area (Å²) in [7, 11) is 1.65. The Morgan fingerprint density at radius 1 is 1.64 bits per heavy atom. The van der Waals surface area contributed by atoms with E-state index < -0.39 is 5.60 Å². The van der Waals surface area contributed by atoms with Crippen molar-refractivity contribution in [2.45, 2.75) is 31.4 Å². The third-order valence-electron chi connectivity index (χ3n) is 2.55. The van der Waals surface area contributed by atoms with Crippen molar-refractivity contribution in [3.05, 3.63) is 0 Å². The second kappa shape index (κ2) is 5.66. The first-order valence-electron chi connectivity index (χ1n) is 5.16. The standard InChI is InChI=1S/C10H21NO3/c1-10(12,4-6-13-2)8-11-9-3-5-14-7-9/h9,11-12H,3-8H2,1-2H3. The fourth-order valence-electron chi connectivity index (χ4n) is 1.47. The first-order chi connectivity index (χ1) is 6.64. The van der Waals surface area contributed by atoms with Gasteiger partial charge in [0.05, 0.1) is 12.2 Å².